The largest absolute Gasteiger partial charge is 0.493 e. The Balaban J connectivity index is 1.35. The smallest absolute Gasteiger partial charge is 0.262 e. The number of carbonyl (C=O) groups excluding carboxylic acids is 1. The zero-order valence-corrected chi connectivity index (χ0v) is 16.5. The van der Waals surface area contributed by atoms with Gasteiger partial charge in [-0.1, -0.05) is 12.1 Å². The van der Waals surface area contributed by atoms with Gasteiger partial charge in [-0.2, -0.15) is 0 Å². The van der Waals surface area contributed by atoms with Crippen LogP contribution in [0.15, 0.2) is 67.1 Å². The van der Waals surface area contributed by atoms with Crippen LogP contribution >= 0.6 is 0 Å². The van der Waals surface area contributed by atoms with Gasteiger partial charge in [-0.3, -0.25) is 4.79 Å². The average Bonchev–Trinajstić information content (AvgIpc) is 3.15. The molecule has 0 aliphatic heterocycles. The topological polar surface area (TPSA) is 87.0 Å². The molecule has 0 saturated heterocycles. The number of para-hydroxylation sites is 2. The summed E-state index contributed by atoms with van der Waals surface area (Å²) in [6, 6.07) is 14.3. The number of nitrogens with zero attached hydrogens (tertiary/aromatic N) is 3. The fourth-order valence-corrected chi connectivity index (χ4v) is 2.89. The van der Waals surface area contributed by atoms with E-state index in [1.165, 1.54) is 6.20 Å². The number of aryl methyl sites for hydroxylation is 1. The first-order valence-electron chi connectivity index (χ1n) is 9.26. The Labute approximate surface area is 173 Å². The van der Waals surface area contributed by atoms with Gasteiger partial charge in [0.25, 0.3) is 5.91 Å². The standard InChI is InChI=1S/C22H20N4O4/c1-15-13-26-11-5-8-19(22(26)24-15)29-14-20(27)25-16-9-10-21(23-12-16)30-18-7-4-3-6-17(18)28-2/h3-13H,14H2,1-2H3,(H,25,27). The normalized spacial score (nSPS) is 10.6. The minimum absolute atomic E-state index is 0.148. The van der Waals surface area contributed by atoms with E-state index in [0.29, 0.717) is 34.5 Å². The van der Waals surface area contributed by atoms with Gasteiger partial charge in [0.15, 0.2) is 29.5 Å². The molecule has 0 spiro atoms. The lowest BCUT2D eigenvalue weighted by Crippen LogP contribution is -2.20. The van der Waals surface area contributed by atoms with Crippen LogP contribution in [-0.2, 0) is 4.79 Å². The van der Waals surface area contributed by atoms with Gasteiger partial charge in [0.1, 0.15) is 0 Å². The van der Waals surface area contributed by atoms with Gasteiger partial charge in [-0.15, -0.1) is 0 Å². The fraction of sp³-hybridized carbons (Fsp3) is 0.136. The van der Waals surface area contributed by atoms with Crippen molar-refractivity contribution < 1.29 is 19.0 Å². The van der Waals surface area contributed by atoms with Crippen molar-refractivity contribution in [1.82, 2.24) is 14.4 Å². The van der Waals surface area contributed by atoms with Gasteiger partial charge >= 0.3 is 0 Å². The van der Waals surface area contributed by atoms with E-state index in [2.05, 4.69) is 15.3 Å². The molecular weight excluding hydrogens is 384 g/mol. The molecule has 1 aromatic carbocycles. The number of rotatable bonds is 7. The van der Waals surface area contributed by atoms with Crippen molar-refractivity contribution in [3.8, 4) is 23.1 Å². The maximum absolute atomic E-state index is 12.2. The Bertz CT molecular complexity index is 1170. The summed E-state index contributed by atoms with van der Waals surface area (Å²) in [4.78, 5) is 20.9. The van der Waals surface area contributed by atoms with Crippen LogP contribution in [0.25, 0.3) is 5.65 Å². The molecule has 152 valence electrons. The summed E-state index contributed by atoms with van der Waals surface area (Å²) >= 11 is 0. The summed E-state index contributed by atoms with van der Waals surface area (Å²) in [5.74, 6) is 1.78. The van der Waals surface area contributed by atoms with Crippen molar-refractivity contribution in [2.45, 2.75) is 6.92 Å². The number of aromatic nitrogens is 3. The Morgan fingerprint density at radius 1 is 1.07 bits per heavy atom. The highest BCUT2D eigenvalue weighted by Crippen LogP contribution is 2.30. The van der Waals surface area contributed by atoms with E-state index in [-0.39, 0.29) is 12.5 Å². The maximum atomic E-state index is 12.2. The molecule has 0 unspecified atom stereocenters. The van der Waals surface area contributed by atoms with Crippen LogP contribution in [0, 0.1) is 6.92 Å². The van der Waals surface area contributed by atoms with Crippen LogP contribution in [-0.4, -0.2) is 34.0 Å². The molecule has 30 heavy (non-hydrogen) atoms. The number of anilines is 1. The van der Waals surface area contributed by atoms with Crippen molar-refractivity contribution in [1.29, 1.82) is 0 Å². The molecule has 8 nitrogen and oxygen atoms in total. The number of pyridine rings is 2. The third-order valence-corrected chi connectivity index (χ3v) is 4.23. The van der Waals surface area contributed by atoms with E-state index < -0.39 is 0 Å². The number of fused-ring (bicyclic) bond motifs is 1. The lowest BCUT2D eigenvalue weighted by molar-refractivity contribution is -0.118. The van der Waals surface area contributed by atoms with Gasteiger partial charge in [0.2, 0.25) is 5.88 Å². The zero-order chi connectivity index (χ0) is 20.9. The molecular formula is C22H20N4O4. The second-order valence-corrected chi connectivity index (χ2v) is 6.46. The third-order valence-electron chi connectivity index (χ3n) is 4.23. The molecule has 3 heterocycles. The first-order chi connectivity index (χ1) is 14.6. The van der Waals surface area contributed by atoms with Crippen LogP contribution in [0.3, 0.4) is 0 Å². The molecule has 0 radical (unpaired) electrons. The molecule has 0 fully saturated rings. The van der Waals surface area contributed by atoms with Crippen molar-refractivity contribution >= 4 is 17.2 Å². The van der Waals surface area contributed by atoms with Gasteiger partial charge < -0.3 is 23.9 Å². The summed E-state index contributed by atoms with van der Waals surface area (Å²) in [5, 5.41) is 2.75. The van der Waals surface area contributed by atoms with E-state index >= 15 is 0 Å². The first-order valence-corrected chi connectivity index (χ1v) is 9.26. The average molecular weight is 404 g/mol. The van der Waals surface area contributed by atoms with E-state index in [1.54, 1.807) is 37.4 Å². The quantitative estimate of drug-likeness (QED) is 0.503. The minimum atomic E-state index is -0.305. The lowest BCUT2D eigenvalue weighted by atomic mass is 10.3. The fourth-order valence-electron chi connectivity index (χ4n) is 2.89. The lowest BCUT2D eigenvalue weighted by Gasteiger charge is -2.10. The summed E-state index contributed by atoms with van der Waals surface area (Å²) in [5.41, 5.74) is 2.07. The molecule has 8 heteroatoms. The monoisotopic (exact) mass is 404 g/mol. The molecule has 3 aromatic heterocycles. The number of hydrogen-bond donors (Lipinski definition) is 1. The molecule has 4 aromatic rings. The predicted octanol–water partition coefficient (Wildman–Crippen LogP) is 3.86. The van der Waals surface area contributed by atoms with E-state index in [0.717, 1.165) is 5.69 Å². The van der Waals surface area contributed by atoms with Crippen molar-refractivity contribution in [2.75, 3.05) is 19.0 Å². The Hall–Kier alpha value is -4.07. The number of hydrogen-bond acceptors (Lipinski definition) is 6. The molecule has 1 N–H and O–H groups in total. The van der Waals surface area contributed by atoms with Gasteiger partial charge in [0.05, 0.1) is 24.7 Å². The number of carbonyl (C=O) groups is 1. The first kappa shape index (κ1) is 19.3. The number of benzene rings is 1. The van der Waals surface area contributed by atoms with Crippen LogP contribution in [0.2, 0.25) is 0 Å². The van der Waals surface area contributed by atoms with Crippen LogP contribution in [0.4, 0.5) is 5.69 Å². The molecule has 0 saturated carbocycles. The van der Waals surface area contributed by atoms with Crippen LogP contribution in [0.5, 0.6) is 23.1 Å². The molecule has 0 aliphatic carbocycles. The SMILES string of the molecule is COc1ccccc1Oc1ccc(NC(=O)COc2cccn3cc(C)nc23)cn1. The third kappa shape index (κ3) is 4.33. The number of imidazole rings is 1. The second kappa shape index (κ2) is 8.52. The van der Waals surface area contributed by atoms with Crippen molar-refractivity contribution in [3.05, 3.63) is 72.8 Å². The van der Waals surface area contributed by atoms with Gasteiger partial charge in [-0.05, 0) is 37.3 Å². The highest BCUT2D eigenvalue weighted by Gasteiger charge is 2.10. The number of nitrogens with one attached hydrogen (secondary N) is 1. The van der Waals surface area contributed by atoms with Crippen molar-refractivity contribution in [3.63, 3.8) is 0 Å². The van der Waals surface area contributed by atoms with E-state index in [4.69, 9.17) is 14.2 Å². The van der Waals surface area contributed by atoms with Gasteiger partial charge in [0, 0.05) is 18.5 Å². The molecule has 4 rings (SSSR count). The second-order valence-electron chi connectivity index (χ2n) is 6.46. The summed E-state index contributed by atoms with van der Waals surface area (Å²) in [6.07, 6.45) is 5.28. The van der Waals surface area contributed by atoms with E-state index in [1.807, 2.05) is 41.9 Å². The van der Waals surface area contributed by atoms with E-state index in [9.17, 15) is 4.79 Å². The van der Waals surface area contributed by atoms with Gasteiger partial charge in [-0.25, -0.2) is 9.97 Å². The Morgan fingerprint density at radius 2 is 1.87 bits per heavy atom. The molecule has 0 atom stereocenters. The number of amides is 1. The summed E-state index contributed by atoms with van der Waals surface area (Å²) in [6.45, 7) is 1.75. The highest BCUT2D eigenvalue weighted by atomic mass is 16.5. The molecule has 1 amide bonds. The predicted molar refractivity (Wildman–Crippen MR) is 111 cm³/mol. The molecule has 0 aliphatic rings. The highest BCUT2D eigenvalue weighted by molar-refractivity contribution is 5.91. The zero-order valence-electron chi connectivity index (χ0n) is 16.5. The van der Waals surface area contributed by atoms with Crippen LogP contribution < -0.4 is 19.5 Å². The Morgan fingerprint density at radius 3 is 2.63 bits per heavy atom. The number of methoxy groups -OCH3 is 1. The Kier molecular flexibility index (Phi) is 5.47. The minimum Gasteiger partial charge on any atom is -0.493 e. The summed E-state index contributed by atoms with van der Waals surface area (Å²) < 4.78 is 18.5. The van der Waals surface area contributed by atoms with Crippen molar-refractivity contribution in [2.24, 2.45) is 0 Å². The summed E-state index contributed by atoms with van der Waals surface area (Å²) in [7, 11) is 1.57. The molecule has 0 bridgehead atoms. The van der Waals surface area contributed by atoms with Crippen LogP contribution in [0.1, 0.15) is 5.69 Å². The maximum Gasteiger partial charge on any atom is 0.262 e. The number of ether oxygens (including phenoxy) is 3.